The molecule has 2 atom stereocenters. The van der Waals surface area contributed by atoms with Gasteiger partial charge in [-0.15, -0.1) is 0 Å². The molecule has 170 valence electrons. The van der Waals surface area contributed by atoms with Gasteiger partial charge in [0.1, 0.15) is 6.04 Å². The fourth-order valence-electron chi connectivity index (χ4n) is 3.32. The second kappa shape index (κ2) is 9.11. The second-order valence-electron chi connectivity index (χ2n) is 7.41. The van der Waals surface area contributed by atoms with Gasteiger partial charge in [-0.2, -0.15) is 0 Å². The molecule has 2 aromatic rings. The van der Waals surface area contributed by atoms with Crippen LogP contribution in [0.4, 0.5) is 13.2 Å². The molecule has 0 bridgehead atoms. The van der Waals surface area contributed by atoms with Crippen molar-refractivity contribution in [2.24, 2.45) is 5.73 Å². The molecule has 4 N–H and O–H groups in total. The Kier molecular flexibility index (Phi) is 6.89. The number of aromatic nitrogens is 1. The van der Waals surface area contributed by atoms with E-state index in [-0.39, 0.29) is 35.9 Å². The van der Waals surface area contributed by atoms with Gasteiger partial charge in [0.2, 0.25) is 15.9 Å². The highest BCUT2D eigenvalue weighted by molar-refractivity contribution is 7.89. The fourth-order valence-corrected chi connectivity index (χ4v) is 4.21. The van der Waals surface area contributed by atoms with Gasteiger partial charge in [0, 0.05) is 18.2 Å². The number of benzene rings is 1. The van der Waals surface area contributed by atoms with Crippen LogP contribution in [0.5, 0.6) is 11.6 Å². The van der Waals surface area contributed by atoms with Crippen molar-refractivity contribution in [3.05, 3.63) is 53.0 Å². The minimum Gasteiger partial charge on any atom is -0.436 e. The largest absolute Gasteiger partial charge is 0.436 e. The van der Waals surface area contributed by atoms with Crippen LogP contribution < -0.4 is 20.5 Å². The normalized spacial score (nSPS) is 20.7. The van der Waals surface area contributed by atoms with Crippen LogP contribution in [0.3, 0.4) is 0 Å². The van der Waals surface area contributed by atoms with Crippen molar-refractivity contribution in [1.82, 2.24) is 15.0 Å². The molecule has 2 heterocycles. The van der Waals surface area contributed by atoms with Gasteiger partial charge in [0.15, 0.2) is 11.6 Å². The minimum atomic E-state index is -3.88. The number of nitrogens with two attached hydrogens (primary N) is 1. The summed E-state index contributed by atoms with van der Waals surface area (Å²) in [5.41, 5.74) is 6.94. The average Bonchev–Trinajstić information content (AvgIpc) is 3.00. The Hall–Kier alpha value is -2.21. The lowest BCUT2D eigenvalue weighted by Gasteiger charge is -2.24. The maximum atomic E-state index is 15.1. The lowest BCUT2D eigenvalue weighted by molar-refractivity contribution is -0.000881. The minimum absolute atomic E-state index is 0.112. The van der Waals surface area contributed by atoms with E-state index in [1.54, 1.807) is 19.1 Å². The van der Waals surface area contributed by atoms with Gasteiger partial charge in [0.25, 0.3) is 5.92 Å². The first-order valence-electron chi connectivity index (χ1n) is 9.79. The van der Waals surface area contributed by atoms with Crippen LogP contribution in [0.1, 0.15) is 23.7 Å². The number of hydrogen-bond donors (Lipinski definition) is 3. The van der Waals surface area contributed by atoms with Crippen molar-refractivity contribution in [3.63, 3.8) is 0 Å². The third kappa shape index (κ3) is 5.35. The Morgan fingerprint density at radius 3 is 2.74 bits per heavy atom. The van der Waals surface area contributed by atoms with E-state index < -0.39 is 40.4 Å². The van der Waals surface area contributed by atoms with Crippen molar-refractivity contribution in [2.45, 2.75) is 44.8 Å². The van der Waals surface area contributed by atoms with Crippen LogP contribution in [-0.4, -0.2) is 43.7 Å². The van der Waals surface area contributed by atoms with E-state index in [1.807, 2.05) is 4.72 Å². The molecule has 1 aromatic carbocycles. The number of nitrogens with one attached hydrogen (secondary N) is 2. The van der Waals surface area contributed by atoms with E-state index in [9.17, 15) is 17.2 Å². The summed E-state index contributed by atoms with van der Waals surface area (Å²) in [5.74, 6) is -4.29. The molecular weight excluding hydrogens is 433 g/mol. The van der Waals surface area contributed by atoms with Crippen molar-refractivity contribution in [3.8, 4) is 11.6 Å². The predicted molar refractivity (Wildman–Crippen MR) is 110 cm³/mol. The van der Waals surface area contributed by atoms with E-state index in [0.717, 1.165) is 0 Å². The maximum Gasteiger partial charge on any atom is 0.277 e. The molecule has 11 heteroatoms. The van der Waals surface area contributed by atoms with Crippen molar-refractivity contribution < 1.29 is 26.3 Å². The third-order valence-corrected chi connectivity index (χ3v) is 6.52. The molecule has 1 fully saturated rings. The standard InChI is InChI=1S/C20H25F3N4O3S/c1-3-31(28,29)27-18-15(25-11-20(18,22)23)9-13-5-4-6-16(17(13)21)30-19-12(2)7-8-14(10-24)26-19/h4-8,15,18,25,27H,3,9-11,24H2,1-2H3/t15-,18+/m0/s1. The molecule has 1 saturated heterocycles. The predicted octanol–water partition coefficient (Wildman–Crippen LogP) is 2.24. The maximum absolute atomic E-state index is 15.1. The Balaban J connectivity index is 1.84. The number of aryl methyl sites for hydroxylation is 1. The number of sulfonamides is 1. The van der Waals surface area contributed by atoms with Crippen LogP contribution in [0.25, 0.3) is 0 Å². The fraction of sp³-hybridized carbons (Fsp3) is 0.450. The molecule has 0 amide bonds. The number of ether oxygens (including phenoxy) is 1. The summed E-state index contributed by atoms with van der Waals surface area (Å²) in [7, 11) is -3.88. The van der Waals surface area contributed by atoms with Crippen LogP contribution in [-0.2, 0) is 23.0 Å². The van der Waals surface area contributed by atoms with E-state index in [1.165, 1.54) is 25.1 Å². The Morgan fingerprint density at radius 1 is 1.32 bits per heavy atom. The first kappa shape index (κ1) is 23.5. The first-order chi connectivity index (χ1) is 14.6. The number of pyridine rings is 1. The zero-order valence-electron chi connectivity index (χ0n) is 17.2. The van der Waals surface area contributed by atoms with Gasteiger partial charge in [-0.3, -0.25) is 0 Å². The summed E-state index contributed by atoms with van der Waals surface area (Å²) < 4.78 is 75.1. The van der Waals surface area contributed by atoms with Crippen LogP contribution >= 0.6 is 0 Å². The Morgan fingerprint density at radius 2 is 2.06 bits per heavy atom. The monoisotopic (exact) mass is 458 g/mol. The molecule has 31 heavy (non-hydrogen) atoms. The highest BCUT2D eigenvalue weighted by atomic mass is 32.2. The molecule has 0 saturated carbocycles. The van der Waals surface area contributed by atoms with Gasteiger partial charge in [0.05, 0.1) is 18.0 Å². The molecule has 0 radical (unpaired) electrons. The topological polar surface area (TPSA) is 106 Å². The second-order valence-corrected chi connectivity index (χ2v) is 9.45. The SMILES string of the molecule is CCS(=O)(=O)N[C@@H]1[C@H](Cc2cccc(Oc3nc(CN)ccc3C)c2F)NCC1(F)F. The lowest BCUT2D eigenvalue weighted by Crippen LogP contribution is -2.51. The number of alkyl halides is 2. The van der Waals surface area contributed by atoms with E-state index in [4.69, 9.17) is 10.5 Å². The van der Waals surface area contributed by atoms with Crippen molar-refractivity contribution in [1.29, 1.82) is 0 Å². The van der Waals surface area contributed by atoms with Gasteiger partial charge >= 0.3 is 0 Å². The molecule has 0 unspecified atom stereocenters. The number of halogens is 3. The molecule has 0 spiro atoms. The quantitative estimate of drug-likeness (QED) is 0.560. The van der Waals surface area contributed by atoms with Crippen LogP contribution in [0.2, 0.25) is 0 Å². The highest BCUT2D eigenvalue weighted by Crippen LogP contribution is 2.32. The van der Waals surface area contributed by atoms with E-state index in [2.05, 4.69) is 10.3 Å². The van der Waals surface area contributed by atoms with Gasteiger partial charge in [-0.1, -0.05) is 18.2 Å². The number of rotatable bonds is 8. The Labute approximate surface area is 179 Å². The van der Waals surface area contributed by atoms with Crippen molar-refractivity contribution >= 4 is 10.0 Å². The summed E-state index contributed by atoms with van der Waals surface area (Å²) >= 11 is 0. The zero-order valence-corrected chi connectivity index (χ0v) is 18.0. The van der Waals surface area contributed by atoms with E-state index >= 15 is 4.39 Å². The van der Waals surface area contributed by atoms with Gasteiger partial charge in [-0.05, 0) is 38.0 Å². The lowest BCUT2D eigenvalue weighted by atomic mass is 9.99. The molecule has 3 rings (SSSR count). The smallest absolute Gasteiger partial charge is 0.277 e. The van der Waals surface area contributed by atoms with Gasteiger partial charge in [-0.25, -0.2) is 31.3 Å². The molecule has 1 aliphatic rings. The van der Waals surface area contributed by atoms with E-state index in [0.29, 0.717) is 11.3 Å². The molecule has 0 aliphatic carbocycles. The number of hydrogen-bond acceptors (Lipinski definition) is 6. The molecule has 7 nitrogen and oxygen atoms in total. The summed E-state index contributed by atoms with van der Waals surface area (Å²) in [6.07, 6.45) is -0.162. The summed E-state index contributed by atoms with van der Waals surface area (Å²) in [6.45, 7) is 2.59. The molecule has 1 aromatic heterocycles. The van der Waals surface area contributed by atoms with Crippen LogP contribution in [0.15, 0.2) is 30.3 Å². The number of nitrogens with zero attached hydrogens (tertiary/aromatic N) is 1. The average molecular weight is 459 g/mol. The summed E-state index contributed by atoms with van der Waals surface area (Å²) in [5, 5.41) is 2.60. The van der Waals surface area contributed by atoms with Gasteiger partial charge < -0.3 is 15.8 Å². The summed E-state index contributed by atoms with van der Waals surface area (Å²) in [6, 6.07) is 5.19. The third-order valence-electron chi connectivity index (χ3n) is 5.15. The molecule has 1 aliphatic heterocycles. The Bertz CT molecular complexity index is 1050. The molecular formula is C20H25F3N4O3S. The van der Waals surface area contributed by atoms with Crippen LogP contribution in [0, 0.1) is 12.7 Å². The highest BCUT2D eigenvalue weighted by Gasteiger charge is 2.51. The van der Waals surface area contributed by atoms with Crippen molar-refractivity contribution in [2.75, 3.05) is 12.3 Å². The first-order valence-corrected chi connectivity index (χ1v) is 11.4. The summed E-state index contributed by atoms with van der Waals surface area (Å²) in [4.78, 5) is 4.24. The zero-order chi connectivity index (χ0) is 22.8.